The number of carbonyl (C=O) groups excluding carboxylic acids is 3. The topological polar surface area (TPSA) is 98.5 Å². The van der Waals surface area contributed by atoms with Crippen LogP contribution in [0.3, 0.4) is 0 Å². The molecule has 0 aliphatic carbocycles. The maximum Gasteiger partial charge on any atom is 0.341 e. The number of primary amides is 1. The predicted molar refractivity (Wildman–Crippen MR) is 66.6 cm³/mol. The van der Waals surface area contributed by atoms with Crippen LogP contribution in [0.1, 0.15) is 10.4 Å². The Morgan fingerprint density at radius 1 is 1.37 bits per heavy atom. The molecule has 0 atom stereocenters. The smallest absolute Gasteiger partial charge is 0.341 e. The number of esters is 1. The largest absolute Gasteiger partial charge is 0.452 e. The average Bonchev–Trinajstić information content (AvgIpc) is 2.36. The van der Waals surface area contributed by atoms with E-state index in [2.05, 4.69) is 26.0 Å². The fourth-order valence-corrected chi connectivity index (χ4v) is 1.46. The Balaban J connectivity index is 2.53. The SMILES string of the molecule is NC(=O)CNC(=O)COC(=O)c1cc(Br)ccc1F. The second-order valence-corrected chi connectivity index (χ2v) is 4.36. The molecule has 1 rings (SSSR count). The van der Waals surface area contributed by atoms with E-state index in [9.17, 15) is 18.8 Å². The van der Waals surface area contributed by atoms with E-state index in [-0.39, 0.29) is 12.1 Å². The van der Waals surface area contributed by atoms with Gasteiger partial charge in [-0.3, -0.25) is 9.59 Å². The molecule has 0 fully saturated rings. The summed E-state index contributed by atoms with van der Waals surface area (Å²) in [5, 5.41) is 2.12. The Bertz CT molecular complexity index is 521. The van der Waals surface area contributed by atoms with E-state index < -0.39 is 30.2 Å². The second kappa shape index (κ2) is 6.83. The third-order valence-corrected chi connectivity index (χ3v) is 2.44. The number of ether oxygens (including phenoxy) is 1. The Morgan fingerprint density at radius 2 is 2.05 bits per heavy atom. The van der Waals surface area contributed by atoms with Crippen molar-refractivity contribution in [2.24, 2.45) is 5.73 Å². The summed E-state index contributed by atoms with van der Waals surface area (Å²) < 4.78 is 18.4. The van der Waals surface area contributed by atoms with E-state index in [0.29, 0.717) is 4.47 Å². The molecule has 0 aliphatic rings. The zero-order valence-electron chi connectivity index (χ0n) is 9.61. The number of nitrogens with one attached hydrogen (secondary N) is 1. The van der Waals surface area contributed by atoms with Crippen LogP contribution < -0.4 is 11.1 Å². The summed E-state index contributed by atoms with van der Waals surface area (Å²) in [5.41, 5.74) is 4.51. The fraction of sp³-hybridized carbons (Fsp3) is 0.182. The van der Waals surface area contributed by atoms with Gasteiger partial charge in [0.15, 0.2) is 6.61 Å². The third kappa shape index (κ3) is 5.04. The lowest BCUT2D eigenvalue weighted by molar-refractivity contribution is -0.127. The molecular weight excluding hydrogens is 323 g/mol. The van der Waals surface area contributed by atoms with Crippen LogP contribution in [-0.4, -0.2) is 30.9 Å². The molecule has 1 aromatic carbocycles. The van der Waals surface area contributed by atoms with Gasteiger partial charge in [-0.1, -0.05) is 15.9 Å². The Kier molecular flexibility index (Phi) is 5.43. The number of amides is 2. The lowest BCUT2D eigenvalue weighted by atomic mass is 10.2. The van der Waals surface area contributed by atoms with E-state index in [1.165, 1.54) is 12.1 Å². The molecule has 3 N–H and O–H groups in total. The molecule has 0 radical (unpaired) electrons. The van der Waals surface area contributed by atoms with Gasteiger partial charge < -0.3 is 15.8 Å². The van der Waals surface area contributed by atoms with Crippen molar-refractivity contribution in [2.75, 3.05) is 13.2 Å². The Morgan fingerprint density at radius 3 is 2.68 bits per heavy atom. The number of carbonyl (C=O) groups is 3. The molecule has 0 saturated heterocycles. The number of hydrogen-bond donors (Lipinski definition) is 2. The highest BCUT2D eigenvalue weighted by Gasteiger charge is 2.15. The van der Waals surface area contributed by atoms with E-state index in [4.69, 9.17) is 5.73 Å². The third-order valence-electron chi connectivity index (χ3n) is 1.94. The highest BCUT2D eigenvalue weighted by Crippen LogP contribution is 2.16. The fourth-order valence-electron chi connectivity index (χ4n) is 1.10. The van der Waals surface area contributed by atoms with Gasteiger partial charge >= 0.3 is 5.97 Å². The lowest BCUT2D eigenvalue weighted by Gasteiger charge is -2.06. The van der Waals surface area contributed by atoms with Gasteiger partial charge in [0.1, 0.15) is 5.82 Å². The van der Waals surface area contributed by atoms with Crippen LogP contribution in [0.2, 0.25) is 0 Å². The summed E-state index contributed by atoms with van der Waals surface area (Å²) >= 11 is 3.08. The average molecular weight is 333 g/mol. The highest BCUT2D eigenvalue weighted by atomic mass is 79.9. The van der Waals surface area contributed by atoms with Gasteiger partial charge in [-0.05, 0) is 18.2 Å². The molecule has 0 aliphatic heterocycles. The van der Waals surface area contributed by atoms with Gasteiger partial charge in [-0.2, -0.15) is 0 Å². The number of rotatable bonds is 5. The summed E-state index contributed by atoms with van der Waals surface area (Å²) in [4.78, 5) is 33.0. The number of nitrogens with two attached hydrogens (primary N) is 1. The molecule has 2 amide bonds. The van der Waals surface area contributed by atoms with Crippen LogP contribution in [0.25, 0.3) is 0 Å². The van der Waals surface area contributed by atoms with Crippen molar-refractivity contribution in [2.45, 2.75) is 0 Å². The summed E-state index contributed by atoms with van der Waals surface area (Å²) in [6.07, 6.45) is 0. The van der Waals surface area contributed by atoms with Crippen molar-refractivity contribution >= 4 is 33.7 Å². The Hall–Kier alpha value is -1.96. The predicted octanol–water partition coefficient (Wildman–Crippen LogP) is 0.346. The zero-order valence-corrected chi connectivity index (χ0v) is 11.2. The molecule has 0 saturated carbocycles. The minimum atomic E-state index is -0.979. The molecule has 0 bridgehead atoms. The molecular formula is C11H10BrFN2O4. The van der Waals surface area contributed by atoms with Gasteiger partial charge in [0.25, 0.3) is 5.91 Å². The lowest BCUT2D eigenvalue weighted by Crippen LogP contribution is -2.36. The van der Waals surface area contributed by atoms with Crippen LogP contribution in [0.5, 0.6) is 0 Å². The first kappa shape index (κ1) is 15.1. The van der Waals surface area contributed by atoms with Crippen LogP contribution in [-0.2, 0) is 14.3 Å². The first-order chi connectivity index (χ1) is 8.90. The Labute approximate surface area is 116 Å². The van der Waals surface area contributed by atoms with Crippen molar-refractivity contribution in [1.82, 2.24) is 5.32 Å². The zero-order chi connectivity index (χ0) is 14.4. The van der Waals surface area contributed by atoms with Gasteiger partial charge in [0.2, 0.25) is 5.91 Å². The first-order valence-electron chi connectivity index (χ1n) is 5.07. The molecule has 0 spiro atoms. The quantitative estimate of drug-likeness (QED) is 0.760. The molecule has 8 heteroatoms. The molecule has 6 nitrogen and oxygen atoms in total. The number of halogens is 2. The van der Waals surface area contributed by atoms with Crippen LogP contribution in [0.15, 0.2) is 22.7 Å². The summed E-state index contributed by atoms with van der Waals surface area (Å²) in [7, 11) is 0. The maximum atomic E-state index is 13.3. The van der Waals surface area contributed by atoms with Crippen molar-refractivity contribution < 1.29 is 23.5 Å². The van der Waals surface area contributed by atoms with Gasteiger partial charge in [-0.15, -0.1) is 0 Å². The molecule has 0 unspecified atom stereocenters. The van der Waals surface area contributed by atoms with E-state index in [1.807, 2.05) is 0 Å². The summed E-state index contributed by atoms with van der Waals surface area (Å²) in [6.45, 7) is -0.986. The van der Waals surface area contributed by atoms with E-state index in [0.717, 1.165) is 6.07 Å². The van der Waals surface area contributed by atoms with Crippen LogP contribution in [0.4, 0.5) is 4.39 Å². The summed E-state index contributed by atoms with van der Waals surface area (Å²) in [6, 6.07) is 3.75. The molecule has 19 heavy (non-hydrogen) atoms. The van der Waals surface area contributed by atoms with Crippen LogP contribution >= 0.6 is 15.9 Å². The monoisotopic (exact) mass is 332 g/mol. The van der Waals surface area contributed by atoms with Gasteiger partial charge in [0, 0.05) is 4.47 Å². The molecule has 102 valence electrons. The van der Waals surface area contributed by atoms with Gasteiger partial charge in [0.05, 0.1) is 12.1 Å². The van der Waals surface area contributed by atoms with Crippen molar-refractivity contribution in [3.8, 4) is 0 Å². The second-order valence-electron chi connectivity index (χ2n) is 3.44. The van der Waals surface area contributed by atoms with E-state index >= 15 is 0 Å². The molecule has 0 aromatic heterocycles. The van der Waals surface area contributed by atoms with Crippen molar-refractivity contribution in [1.29, 1.82) is 0 Å². The maximum absolute atomic E-state index is 13.3. The van der Waals surface area contributed by atoms with Crippen LogP contribution in [0, 0.1) is 5.82 Å². The number of hydrogen-bond acceptors (Lipinski definition) is 4. The normalized spacial score (nSPS) is 9.79. The molecule has 1 aromatic rings. The van der Waals surface area contributed by atoms with Gasteiger partial charge in [-0.25, -0.2) is 9.18 Å². The highest BCUT2D eigenvalue weighted by molar-refractivity contribution is 9.10. The summed E-state index contributed by atoms with van der Waals surface area (Å²) in [5.74, 6) is -3.17. The van der Waals surface area contributed by atoms with Crippen molar-refractivity contribution in [3.05, 3.63) is 34.1 Å². The first-order valence-corrected chi connectivity index (χ1v) is 5.86. The number of benzene rings is 1. The molecule has 0 heterocycles. The van der Waals surface area contributed by atoms with E-state index in [1.54, 1.807) is 0 Å². The minimum Gasteiger partial charge on any atom is -0.452 e. The van der Waals surface area contributed by atoms with Crippen molar-refractivity contribution in [3.63, 3.8) is 0 Å². The standard InChI is InChI=1S/C11H10BrFN2O4/c12-6-1-2-8(13)7(3-6)11(18)19-5-10(17)15-4-9(14)16/h1-3H,4-5H2,(H2,14,16)(H,15,17). The minimum absolute atomic E-state index is 0.294.